The second kappa shape index (κ2) is 4.72. The van der Waals surface area contributed by atoms with Gasteiger partial charge < -0.3 is 10.6 Å². The fraction of sp³-hybridized carbons (Fsp3) is 0.400. The summed E-state index contributed by atoms with van der Waals surface area (Å²) in [6.45, 7) is 3.71. The molecule has 76 valence electrons. The van der Waals surface area contributed by atoms with Crippen LogP contribution in [-0.4, -0.2) is 24.0 Å². The van der Waals surface area contributed by atoms with Crippen LogP contribution in [0, 0.1) is 6.92 Å². The number of likely N-dealkylation sites (N-methyl/N-ethyl adjacent to an activating group) is 1. The normalized spacial score (nSPS) is 12.2. The molecule has 1 aromatic heterocycles. The fourth-order valence-electron chi connectivity index (χ4n) is 0.923. The molecule has 4 nitrogen and oxygen atoms in total. The molecule has 0 spiro atoms. The Balaban J connectivity index is 2.60. The first kappa shape index (κ1) is 10.7. The van der Waals surface area contributed by atoms with Gasteiger partial charge in [-0.25, -0.2) is 0 Å². The number of hydrogen-bond donors (Lipinski definition) is 2. The van der Waals surface area contributed by atoms with Crippen LogP contribution in [0.5, 0.6) is 0 Å². The Bertz CT molecular complexity index is 308. The van der Waals surface area contributed by atoms with Crippen molar-refractivity contribution in [1.82, 2.24) is 10.3 Å². The molecule has 0 aliphatic rings. The Hall–Kier alpha value is -1.42. The van der Waals surface area contributed by atoms with E-state index in [1.54, 1.807) is 20.2 Å². The van der Waals surface area contributed by atoms with Gasteiger partial charge >= 0.3 is 0 Å². The van der Waals surface area contributed by atoms with Crippen LogP contribution in [0.4, 0.5) is 5.69 Å². The summed E-state index contributed by atoms with van der Waals surface area (Å²) in [5, 5.41) is 5.62. The zero-order valence-electron chi connectivity index (χ0n) is 8.66. The Morgan fingerprint density at radius 1 is 1.50 bits per heavy atom. The molecule has 0 fully saturated rings. The topological polar surface area (TPSA) is 54.0 Å². The molecule has 0 saturated carbocycles. The molecule has 1 amide bonds. The van der Waals surface area contributed by atoms with Crippen molar-refractivity contribution in [2.45, 2.75) is 19.9 Å². The molecule has 0 aliphatic heterocycles. The highest BCUT2D eigenvalue weighted by molar-refractivity contribution is 5.94. The maximum atomic E-state index is 11.4. The Morgan fingerprint density at radius 3 is 2.71 bits per heavy atom. The van der Waals surface area contributed by atoms with Gasteiger partial charge in [0.15, 0.2) is 0 Å². The molecule has 1 heterocycles. The number of aryl methyl sites for hydroxylation is 1. The highest BCUT2D eigenvalue weighted by atomic mass is 16.2. The molecule has 0 radical (unpaired) electrons. The lowest BCUT2D eigenvalue weighted by molar-refractivity contribution is -0.117. The smallest absolute Gasteiger partial charge is 0.241 e. The van der Waals surface area contributed by atoms with Crippen LogP contribution in [0.3, 0.4) is 0 Å². The van der Waals surface area contributed by atoms with E-state index < -0.39 is 0 Å². The van der Waals surface area contributed by atoms with Crippen molar-refractivity contribution in [3.63, 3.8) is 0 Å². The minimum Gasteiger partial charge on any atom is -0.323 e. The number of carbonyl (C=O) groups is 1. The third kappa shape index (κ3) is 2.81. The molecular formula is C10H15N3O. The van der Waals surface area contributed by atoms with Crippen LogP contribution in [0.1, 0.15) is 12.6 Å². The summed E-state index contributed by atoms with van der Waals surface area (Å²) < 4.78 is 0. The van der Waals surface area contributed by atoms with Gasteiger partial charge in [0.1, 0.15) is 0 Å². The summed E-state index contributed by atoms with van der Waals surface area (Å²) in [6, 6.07) is 3.50. The lowest BCUT2D eigenvalue weighted by Crippen LogP contribution is -2.35. The van der Waals surface area contributed by atoms with E-state index in [1.165, 1.54) is 0 Å². The summed E-state index contributed by atoms with van der Waals surface area (Å²) in [6.07, 6.45) is 1.65. The van der Waals surface area contributed by atoms with E-state index in [1.807, 2.05) is 19.1 Å². The Labute approximate surface area is 83.7 Å². The molecule has 4 heteroatoms. The lowest BCUT2D eigenvalue weighted by atomic mass is 10.3. The number of rotatable bonds is 3. The lowest BCUT2D eigenvalue weighted by Gasteiger charge is -2.10. The number of nitrogens with zero attached hydrogens (tertiary/aromatic N) is 1. The van der Waals surface area contributed by atoms with E-state index in [0.29, 0.717) is 0 Å². The average molecular weight is 193 g/mol. The first-order valence-corrected chi connectivity index (χ1v) is 4.54. The maximum absolute atomic E-state index is 11.4. The molecule has 0 aromatic carbocycles. The highest BCUT2D eigenvalue weighted by Gasteiger charge is 2.09. The Kier molecular flexibility index (Phi) is 3.59. The molecule has 0 bridgehead atoms. The molecular weight excluding hydrogens is 178 g/mol. The van der Waals surface area contributed by atoms with Gasteiger partial charge in [0.05, 0.1) is 17.9 Å². The van der Waals surface area contributed by atoms with E-state index in [9.17, 15) is 4.79 Å². The Morgan fingerprint density at radius 2 is 2.21 bits per heavy atom. The second-order valence-corrected chi connectivity index (χ2v) is 3.19. The summed E-state index contributed by atoms with van der Waals surface area (Å²) in [5.74, 6) is -0.0573. The molecule has 2 N–H and O–H groups in total. The van der Waals surface area contributed by atoms with Crippen LogP contribution in [0.2, 0.25) is 0 Å². The minimum absolute atomic E-state index is 0.0573. The molecule has 1 atom stereocenters. The zero-order chi connectivity index (χ0) is 10.6. The number of hydrogen-bond acceptors (Lipinski definition) is 3. The van der Waals surface area contributed by atoms with Crippen LogP contribution in [0.25, 0.3) is 0 Å². The molecule has 1 unspecified atom stereocenters. The summed E-state index contributed by atoms with van der Waals surface area (Å²) in [4.78, 5) is 15.5. The molecule has 1 rings (SSSR count). The first-order chi connectivity index (χ1) is 6.63. The number of nitrogens with one attached hydrogen (secondary N) is 2. The maximum Gasteiger partial charge on any atom is 0.241 e. The summed E-state index contributed by atoms with van der Waals surface area (Å²) in [5.41, 5.74) is 1.66. The van der Waals surface area contributed by atoms with Crippen molar-refractivity contribution in [1.29, 1.82) is 0 Å². The monoisotopic (exact) mass is 193 g/mol. The molecule has 14 heavy (non-hydrogen) atoms. The minimum atomic E-state index is -0.198. The van der Waals surface area contributed by atoms with Crippen LogP contribution in [0.15, 0.2) is 18.3 Å². The average Bonchev–Trinajstić information content (AvgIpc) is 2.20. The van der Waals surface area contributed by atoms with Gasteiger partial charge in [-0.05, 0) is 33.0 Å². The largest absolute Gasteiger partial charge is 0.323 e. The van der Waals surface area contributed by atoms with Crippen molar-refractivity contribution in [2.75, 3.05) is 12.4 Å². The van der Waals surface area contributed by atoms with E-state index in [-0.39, 0.29) is 11.9 Å². The number of aromatic nitrogens is 1. The van der Waals surface area contributed by atoms with Gasteiger partial charge in [-0.1, -0.05) is 0 Å². The summed E-state index contributed by atoms with van der Waals surface area (Å²) >= 11 is 0. The number of pyridine rings is 1. The quantitative estimate of drug-likeness (QED) is 0.751. The molecule has 0 aliphatic carbocycles. The van der Waals surface area contributed by atoms with E-state index in [2.05, 4.69) is 15.6 Å². The van der Waals surface area contributed by atoms with Gasteiger partial charge in [-0.15, -0.1) is 0 Å². The second-order valence-electron chi connectivity index (χ2n) is 3.19. The number of amides is 1. The molecule has 1 aromatic rings. The van der Waals surface area contributed by atoms with E-state index >= 15 is 0 Å². The SMILES string of the molecule is CNC(C)C(=O)Nc1ccc(C)nc1. The van der Waals surface area contributed by atoms with E-state index in [4.69, 9.17) is 0 Å². The van der Waals surface area contributed by atoms with Crippen LogP contribution in [-0.2, 0) is 4.79 Å². The van der Waals surface area contributed by atoms with Gasteiger partial charge in [0.2, 0.25) is 5.91 Å². The third-order valence-corrected chi connectivity index (χ3v) is 2.01. The molecule has 0 saturated heterocycles. The third-order valence-electron chi connectivity index (χ3n) is 2.01. The summed E-state index contributed by atoms with van der Waals surface area (Å²) in [7, 11) is 1.75. The van der Waals surface area contributed by atoms with E-state index in [0.717, 1.165) is 11.4 Å². The van der Waals surface area contributed by atoms with Gasteiger partial charge in [-0.2, -0.15) is 0 Å². The van der Waals surface area contributed by atoms with Crippen LogP contribution >= 0.6 is 0 Å². The van der Waals surface area contributed by atoms with Crippen molar-refractivity contribution in [3.05, 3.63) is 24.0 Å². The predicted octanol–water partition coefficient (Wildman–Crippen LogP) is 0.936. The van der Waals surface area contributed by atoms with Crippen LogP contribution < -0.4 is 10.6 Å². The fourth-order valence-corrected chi connectivity index (χ4v) is 0.923. The highest BCUT2D eigenvalue weighted by Crippen LogP contribution is 2.05. The van der Waals surface area contributed by atoms with Crippen molar-refractivity contribution < 1.29 is 4.79 Å². The van der Waals surface area contributed by atoms with Gasteiger partial charge in [0, 0.05) is 5.69 Å². The van der Waals surface area contributed by atoms with Crippen molar-refractivity contribution in [3.8, 4) is 0 Å². The van der Waals surface area contributed by atoms with Crippen molar-refractivity contribution in [2.24, 2.45) is 0 Å². The predicted molar refractivity (Wildman–Crippen MR) is 56.1 cm³/mol. The van der Waals surface area contributed by atoms with Crippen molar-refractivity contribution >= 4 is 11.6 Å². The first-order valence-electron chi connectivity index (χ1n) is 4.54. The zero-order valence-corrected chi connectivity index (χ0v) is 8.66. The van der Waals surface area contributed by atoms with Gasteiger partial charge in [0.25, 0.3) is 0 Å². The van der Waals surface area contributed by atoms with Gasteiger partial charge in [-0.3, -0.25) is 9.78 Å². The number of anilines is 1. The number of carbonyl (C=O) groups excluding carboxylic acids is 1. The standard InChI is InChI=1S/C10H15N3O/c1-7-4-5-9(6-12-7)13-10(14)8(2)11-3/h4-6,8,11H,1-3H3,(H,13,14).